The number of fused-ring (bicyclic) bond motifs is 5. The summed E-state index contributed by atoms with van der Waals surface area (Å²) in [6.45, 7) is 1.22. The summed E-state index contributed by atoms with van der Waals surface area (Å²) >= 11 is 0. The molecule has 0 spiro atoms. The minimum atomic E-state index is -1.58. The number of rotatable bonds is 2. The molecule has 4 rings (SSSR count). The number of carbonyl (C=O) groups excluding carboxylic acids is 2. The summed E-state index contributed by atoms with van der Waals surface area (Å²) in [5.74, 6) is 0.00637. The molecule has 0 aromatic rings. The maximum atomic E-state index is 13.2. The summed E-state index contributed by atoms with van der Waals surface area (Å²) in [6.07, 6.45) is 9.38. The Morgan fingerprint density at radius 1 is 1.38 bits per heavy atom. The van der Waals surface area contributed by atoms with Crippen molar-refractivity contribution in [2.24, 2.45) is 34.1 Å². The zero-order valence-corrected chi connectivity index (χ0v) is 15.4. The number of aliphatic hydroxyl groups excluding tert-OH is 1. The summed E-state index contributed by atoms with van der Waals surface area (Å²) in [5, 5.41) is 20.5. The molecule has 140 valence electrons. The summed E-state index contributed by atoms with van der Waals surface area (Å²) in [5.41, 5.74) is -0.105. The van der Waals surface area contributed by atoms with Gasteiger partial charge in [-0.15, -0.1) is 0 Å². The molecule has 4 aliphatic carbocycles. The number of nitrogens with zero attached hydrogens (tertiary/aromatic N) is 1. The number of carbonyl (C=O) groups is 2. The zero-order chi connectivity index (χ0) is 18.7. The number of hydrogen-bond donors (Lipinski definition) is 2. The molecule has 2 N–H and O–H groups in total. The van der Waals surface area contributed by atoms with Crippen LogP contribution in [0.5, 0.6) is 0 Å². The molecular formula is C21H27NO4. The molecule has 0 aromatic carbocycles. The molecule has 26 heavy (non-hydrogen) atoms. The van der Waals surface area contributed by atoms with Crippen LogP contribution in [0.4, 0.5) is 0 Å². The monoisotopic (exact) mass is 357 g/mol. The van der Waals surface area contributed by atoms with Gasteiger partial charge in [0.15, 0.2) is 5.78 Å². The molecule has 3 fully saturated rings. The first-order valence-electron chi connectivity index (χ1n) is 9.60. The minimum absolute atomic E-state index is 0.0608. The van der Waals surface area contributed by atoms with Crippen LogP contribution >= 0.6 is 0 Å². The number of aliphatic imine (C=N–C) groups is 1. The van der Waals surface area contributed by atoms with Crippen LogP contribution in [0.15, 0.2) is 28.8 Å². The smallest absolute Gasteiger partial charge is 0.190 e. The van der Waals surface area contributed by atoms with Crippen molar-refractivity contribution in [2.75, 3.05) is 13.7 Å². The van der Waals surface area contributed by atoms with Crippen molar-refractivity contribution in [2.45, 2.75) is 44.6 Å². The first kappa shape index (κ1) is 17.8. The van der Waals surface area contributed by atoms with Gasteiger partial charge in [-0.25, -0.2) is 0 Å². The quantitative estimate of drug-likeness (QED) is 0.790. The molecule has 1 unspecified atom stereocenters. The van der Waals surface area contributed by atoms with Gasteiger partial charge in [0.25, 0.3) is 0 Å². The predicted molar refractivity (Wildman–Crippen MR) is 97.8 cm³/mol. The summed E-state index contributed by atoms with van der Waals surface area (Å²) in [6, 6.07) is 0. The molecule has 5 nitrogen and oxygen atoms in total. The number of hydrogen-bond acceptors (Lipinski definition) is 5. The SMILES string of the molecule is CN=C1C=CC2C(=C1)CC[C@@H]1[C@@H]2C(=O)C[C@@]2(C)[C@H]1CC[C@]2(O)C(=O)CO. The van der Waals surface area contributed by atoms with Crippen LogP contribution in [0.1, 0.15) is 39.0 Å². The van der Waals surface area contributed by atoms with Crippen LogP contribution in [0, 0.1) is 29.1 Å². The van der Waals surface area contributed by atoms with E-state index in [9.17, 15) is 19.8 Å². The van der Waals surface area contributed by atoms with E-state index < -0.39 is 23.4 Å². The molecule has 6 atom stereocenters. The second-order valence-electron chi connectivity index (χ2n) is 8.63. The summed E-state index contributed by atoms with van der Waals surface area (Å²) in [4.78, 5) is 29.8. The molecule has 4 aliphatic rings. The molecule has 3 saturated carbocycles. The van der Waals surface area contributed by atoms with Gasteiger partial charge in [-0.1, -0.05) is 18.6 Å². The number of Topliss-reactive ketones (excluding diaryl/α,β-unsaturated/α-hetero) is 2. The predicted octanol–water partition coefficient (Wildman–Crippen LogP) is 1.88. The molecule has 0 heterocycles. The first-order chi connectivity index (χ1) is 12.4. The van der Waals surface area contributed by atoms with Crippen LogP contribution in [0.2, 0.25) is 0 Å². The van der Waals surface area contributed by atoms with Gasteiger partial charge in [0.05, 0.1) is 5.71 Å². The van der Waals surface area contributed by atoms with E-state index in [4.69, 9.17) is 0 Å². The highest BCUT2D eigenvalue weighted by atomic mass is 16.3. The molecule has 0 bridgehead atoms. The standard InChI is InChI=1S/C21H27NO4/c1-20-10-17(24)19-14-6-4-13(22-2)9-12(14)3-5-15(19)16(20)7-8-21(20,26)18(25)11-23/h4,6,9,14-16,19,23,26H,3,5,7-8,10-11H2,1-2H3/t14?,15-,16-,19+,20-,21-/m0/s1. The highest BCUT2D eigenvalue weighted by molar-refractivity contribution is 6.05. The minimum Gasteiger partial charge on any atom is -0.388 e. The van der Waals surface area contributed by atoms with Crippen molar-refractivity contribution in [3.63, 3.8) is 0 Å². The van der Waals surface area contributed by atoms with Crippen molar-refractivity contribution in [3.8, 4) is 0 Å². The van der Waals surface area contributed by atoms with E-state index in [0.717, 1.165) is 25.0 Å². The van der Waals surface area contributed by atoms with Gasteiger partial charge in [0.1, 0.15) is 18.0 Å². The topological polar surface area (TPSA) is 87.0 Å². The second-order valence-corrected chi connectivity index (χ2v) is 8.63. The molecule has 5 heteroatoms. The van der Waals surface area contributed by atoms with Gasteiger partial charge in [-0.2, -0.15) is 0 Å². The Morgan fingerprint density at radius 3 is 2.85 bits per heavy atom. The average molecular weight is 357 g/mol. The Morgan fingerprint density at radius 2 is 2.15 bits per heavy atom. The third-order valence-electron chi connectivity index (χ3n) is 7.72. The third kappa shape index (κ3) is 2.20. The largest absolute Gasteiger partial charge is 0.388 e. The lowest BCUT2D eigenvalue weighted by Gasteiger charge is -2.53. The van der Waals surface area contributed by atoms with Crippen LogP contribution in [-0.4, -0.2) is 46.7 Å². The van der Waals surface area contributed by atoms with E-state index in [0.29, 0.717) is 6.42 Å². The number of aliphatic hydroxyl groups is 2. The normalized spacial score (nSPS) is 45.8. The van der Waals surface area contributed by atoms with E-state index >= 15 is 0 Å². The van der Waals surface area contributed by atoms with Crippen molar-refractivity contribution in [1.82, 2.24) is 0 Å². The van der Waals surface area contributed by atoms with Crippen molar-refractivity contribution >= 4 is 17.3 Å². The van der Waals surface area contributed by atoms with E-state index in [-0.39, 0.29) is 35.9 Å². The lowest BCUT2D eigenvalue weighted by atomic mass is 9.50. The molecular weight excluding hydrogens is 330 g/mol. The summed E-state index contributed by atoms with van der Waals surface area (Å²) < 4.78 is 0. The fourth-order valence-electron chi connectivity index (χ4n) is 6.37. The van der Waals surface area contributed by atoms with E-state index in [1.54, 1.807) is 7.05 Å². The highest BCUT2D eigenvalue weighted by Gasteiger charge is 2.66. The fourth-order valence-corrected chi connectivity index (χ4v) is 6.37. The van der Waals surface area contributed by atoms with Crippen LogP contribution < -0.4 is 0 Å². The van der Waals surface area contributed by atoms with Crippen molar-refractivity contribution in [3.05, 3.63) is 23.8 Å². The fraction of sp³-hybridized carbons (Fsp3) is 0.667. The lowest BCUT2D eigenvalue weighted by Crippen LogP contribution is -2.59. The average Bonchev–Trinajstić information content (AvgIpc) is 2.91. The van der Waals surface area contributed by atoms with Gasteiger partial charge in [0, 0.05) is 30.7 Å². The summed E-state index contributed by atoms with van der Waals surface area (Å²) in [7, 11) is 1.78. The van der Waals surface area contributed by atoms with E-state index in [1.165, 1.54) is 5.57 Å². The van der Waals surface area contributed by atoms with Crippen molar-refractivity contribution in [1.29, 1.82) is 0 Å². The van der Waals surface area contributed by atoms with Gasteiger partial charge in [-0.3, -0.25) is 14.6 Å². The van der Waals surface area contributed by atoms with Crippen LogP contribution in [0.25, 0.3) is 0 Å². The van der Waals surface area contributed by atoms with Crippen molar-refractivity contribution < 1.29 is 19.8 Å². The molecule has 0 aliphatic heterocycles. The number of allylic oxidation sites excluding steroid dienone is 4. The Kier molecular flexibility index (Phi) is 4.08. The van der Waals surface area contributed by atoms with Crippen LogP contribution in [-0.2, 0) is 9.59 Å². The van der Waals surface area contributed by atoms with E-state index in [2.05, 4.69) is 17.1 Å². The van der Waals surface area contributed by atoms with Crippen LogP contribution in [0.3, 0.4) is 0 Å². The molecule has 0 saturated heterocycles. The first-order valence-corrected chi connectivity index (χ1v) is 9.60. The molecule has 0 radical (unpaired) electrons. The Balaban J connectivity index is 1.70. The Labute approximate surface area is 153 Å². The lowest BCUT2D eigenvalue weighted by molar-refractivity contribution is -0.166. The van der Waals surface area contributed by atoms with E-state index in [1.807, 2.05) is 13.0 Å². The Hall–Kier alpha value is -1.59. The zero-order valence-electron chi connectivity index (χ0n) is 15.4. The molecule has 0 amide bonds. The third-order valence-corrected chi connectivity index (χ3v) is 7.72. The van der Waals surface area contributed by atoms with Gasteiger partial charge in [0.2, 0.25) is 0 Å². The highest BCUT2D eigenvalue weighted by Crippen LogP contribution is 2.63. The maximum Gasteiger partial charge on any atom is 0.190 e. The maximum absolute atomic E-state index is 13.2. The number of ketones is 2. The van der Waals surface area contributed by atoms with Gasteiger partial charge < -0.3 is 10.2 Å². The van der Waals surface area contributed by atoms with Gasteiger partial charge in [-0.05, 0) is 49.7 Å². The Bertz CT molecular complexity index is 751. The second kappa shape index (κ2) is 5.96. The molecule has 0 aromatic heterocycles. The van der Waals surface area contributed by atoms with Gasteiger partial charge >= 0.3 is 0 Å².